The van der Waals surface area contributed by atoms with Crippen molar-refractivity contribution in [3.05, 3.63) is 0 Å². The molecule has 0 aliphatic carbocycles. The highest BCUT2D eigenvalue weighted by atomic mass is 16.5. The second kappa shape index (κ2) is 11.4. The van der Waals surface area contributed by atoms with Gasteiger partial charge in [-0.2, -0.15) is 0 Å². The van der Waals surface area contributed by atoms with E-state index in [2.05, 4.69) is 0 Å². The van der Waals surface area contributed by atoms with Crippen LogP contribution in [0.4, 0.5) is 0 Å². The van der Waals surface area contributed by atoms with E-state index in [0.29, 0.717) is 0 Å². The van der Waals surface area contributed by atoms with Crippen LogP contribution in [0.1, 0.15) is 72.6 Å². The van der Waals surface area contributed by atoms with Gasteiger partial charge in [0.1, 0.15) is 0 Å². The molecule has 0 saturated carbocycles. The van der Waals surface area contributed by atoms with Gasteiger partial charge in [0.2, 0.25) is 0 Å². The molecule has 0 unspecified atom stereocenters. The Bertz CT molecular complexity index is 204. The van der Waals surface area contributed by atoms with Gasteiger partial charge in [-0.25, -0.2) is 0 Å². The first-order valence-corrected chi connectivity index (χ1v) is 8.31. The molecule has 0 aromatic heterocycles. The van der Waals surface area contributed by atoms with Gasteiger partial charge in [0.15, 0.2) is 0 Å². The van der Waals surface area contributed by atoms with Crippen molar-refractivity contribution >= 4 is 0 Å². The van der Waals surface area contributed by atoms with E-state index in [9.17, 15) is 10.2 Å². The molecule has 21 heavy (non-hydrogen) atoms. The molecule has 0 rings (SSSR count). The van der Waals surface area contributed by atoms with Crippen molar-refractivity contribution in [3.8, 4) is 0 Å². The van der Waals surface area contributed by atoms with Crippen LogP contribution in [0.25, 0.3) is 0 Å². The molecule has 0 aromatic rings. The second-order valence-corrected chi connectivity index (χ2v) is 7.12. The molecule has 0 amide bonds. The zero-order valence-corrected chi connectivity index (χ0v) is 14.5. The number of hydrogen-bond donors (Lipinski definition) is 2. The van der Waals surface area contributed by atoms with Crippen LogP contribution < -0.4 is 0 Å². The number of unbranched alkanes of at least 4 members (excludes halogenated alkanes) is 2. The molecule has 0 spiro atoms. The van der Waals surface area contributed by atoms with Crippen LogP contribution in [0, 0.1) is 0 Å². The number of hydrogen-bond acceptors (Lipinski definition) is 4. The third-order valence-electron chi connectivity index (χ3n) is 3.23. The zero-order chi connectivity index (χ0) is 16.2. The van der Waals surface area contributed by atoms with Gasteiger partial charge in [-0.05, 0) is 72.6 Å². The molecular weight excluding hydrogens is 268 g/mol. The van der Waals surface area contributed by atoms with Gasteiger partial charge in [-0.3, -0.25) is 0 Å². The van der Waals surface area contributed by atoms with Crippen LogP contribution in [-0.4, -0.2) is 47.8 Å². The summed E-state index contributed by atoms with van der Waals surface area (Å²) in [6, 6.07) is 0. The maximum Gasteiger partial charge on any atom is 0.0591 e. The maximum atomic E-state index is 9.55. The predicted octanol–water partition coefficient (Wildman–Crippen LogP) is 3.29. The highest BCUT2D eigenvalue weighted by molar-refractivity contribution is 4.64. The van der Waals surface area contributed by atoms with Gasteiger partial charge >= 0.3 is 0 Å². The number of aliphatic hydroxyl groups is 2. The van der Waals surface area contributed by atoms with E-state index < -0.39 is 11.2 Å². The van der Waals surface area contributed by atoms with Crippen molar-refractivity contribution in [2.24, 2.45) is 0 Å². The van der Waals surface area contributed by atoms with Crippen LogP contribution in [0.5, 0.6) is 0 Å². The molecule has 0 atom stereocenters. The third kappa shape index (κ3) is 19.8. The van der Waals surface area contributed by atoms with Gasteiger partial charge in [-0.1, -0.05) is 0 Å². The maximum absolute atomic E-state index is 9.55. The summed E-state index contributed by atoms with van der Waals surface area (Å²) in [5.74, 6) is 0. The zero-order valence-electron chi connectivity index (χ0n) is 14.5. The standard InChI is InChI=1S/C17H36O4/c1-16(2,18)10-5-7-12-20-14-9-15-21-13-8-6-11-17(3,4)19/h18-19H,5-15H2,1-4H3. The lowest BCUT2D eigenvalue weighted by Crippen LogP contribution is -2.18. The minimum absolute atomic E-state index is 0.556. The first-order valence-electron chi connectivity index (χ1n) is 8.31. The molecule has 0 bridgehead atoms. The molecule has 0 aromatic carbocycles. The van der Waals surface area contributed by atoms with Crippen molar-refractivity contribution in [2.75, 3.05) is 26.4 Å². The number of ether oxygens (including phenoxy) is 2. The first-order chi connectivity index (χ1) is 9.71. The van der Waals surface area contributed by atoms with Crippen molar-refractivity contribution in [3.63, 3.8) is 0 Å². The molecule has 4 heteroatoms. The number of rotatable bonds is 14. The van der Waals surface area contributed by atoms with Gasteiger partial charge < -0.3 is 19.7 Å². The van der Waals surface area contributed by atoms with E-state index >= 15 is 0 Å². The van der Waals surface area contributed by atoms with Gasteiger partial charge in [0, 0.05) is 26.4 Å². The third-order valence-corrected chi connectivity index (χ3v) is 3.23. The van der Waals surface area contributed by atoms with Crippen LogP contribution in [0.3, 0.4) is 0 Å². The molecule has 0 saturated heterocycles. The second-order valence-electron chi connectivity index (χ2n) is 7.12. The van der Waals surface area contributed by atoms with Crippen LogP contribution in [0.15, 0.2) is 0 Å². The lowest BCUT2D eigenvalue weighted by atomic mass is 10.0. The topological polar surface area (TPSA) is 58.9 Å². The highest BCUT2D eigenvalue weighted by Gasteiger charge is 2.11. The minimum atomic E-state index is -0.556. The van der Waals surface area contributed by atoms with Crippen LogP contribution in [-0.2, 0) is 9.47 Å². The Morgan fingerprint density at radius 2 is 0.905 bits per heavy atom. The van der Waals surface area contributed by atoms with Crippen molar-refractivity contribution < 1.29 is 19.7 Å². The lowest BCUT2D eigenvalue weighted by molar-refractivity contribution is 0.0551. The summed E-state index contributed by atoms with van der Waals surface area (Å²) < 4.78 is 11.1. The fraction of sp³-hybridized carbons (Fsp3) is 1.00. The normalized spacial score (nSPS) is 12.9. The Morgan fingerprint density at radius 3 is 1.24 bits per heavy atom. The summed E-state index contributed by atoms with van der Waals surface area (Å²) in [6.07, 6.45) is 6.58. The average molecular weight is 304 g/mol. The van der Waals surface area contributed by atoms with Gasteiger partial charge in [0.25, 0.3) is 0 Å². The average Bonchev–Trinajstić information content (AvgIpc) is 2.32. The molecule has 2 N–H and O–H groups in total. The Labute approximate surface area is 130 Å². The van der Waals surface area contributed by atoms with Gasteiger partial charge in [-0.15, -0.1) is 0 Å². The van der Waals surface area contributed by atoms with E-state index in [1.54, 1.807) is 0 Å². The summed E-state index contributed by atoms with van der Waals surface area (Å²) in [4.78, 5) is 0. The quantitative estimate of drug-likeness (QED) is 0.483. The van der Waals surface area contributed by atoms with E-state index in [1.807, 2.05) is 27.7 Å². The van der Waals surface area contributed by atoms with Crippen molar-refractivity contribution in [1.29, 1.82) is 0 Å². The van der Waals surface area contributed by atoms with Crippen LogP contribution in [0.2, 0.25) is 0 Å². The monoisotopic (exact) mass is 304 g/mol. The molecular formula is C17H36O4. The Morgan fingerprint density at radius 1 is 0.571 bits per heavy atom. The molecule has 128 valence electrons. The molecule has 0 fully saturated rings. The summed E-state index contributed by atoms with van der Waals surface area (Å²) in [5, 5.41) is 19.1. The summed E-state index contributed by atoms with van der Waals surface area (Å²) in [7, 11) is 0. The summed E-state index contributed by atoms with van der Waals surface area (Å²) >= 11 is 0. The Hall–Kier alpha value is -0.160. The minimum Gasteiger partial charge on any atom is -0.390 e. The predicted molar refractivity (Wildman–Crippen MR) is 86.6 cm³/mol. The Balaban J connectivity index is 3.10. The molecule has 0 radical (unpaired) electrons. The molecule has 0 heterocycles. The van der Waals surface area contributed by atoms with E-state index in [-0.39, 0.29) is 0 Å². The Kier molecular flexibility index (Phi) is 11.3. The fourth-order valence-corrected chi connectivity index (χ4v) is 1.99. The SMILES string of the molecule is CC(C)(O)CCCCOCCCOCCCCC(C)(C)O. The van der Waals surface area contributed by atoms with Gasteiger partial charge in [0.05, 0.1) is 11.2 Å². The van der Waals surface area contributed by atoms with Crippen LogP contribution >= 0.6 is 0 Å². The highest BCUT2D eigenvalue weighted by Crippen LogP contribution is 2.12. The van der Waals surface area contributed by atoms with Crippen molar-refractivity contribution in [1.82, 2.24) is 0 Å². The largest absolute Gasteiger partial charge is 0.390 e. The van der Waals surface area contributed by atoms with Crippen molar-refractivity contribution in [2.45, 2.75) is 83.8 Å². The first kappa shape index (κ1) is 20.8. The smallest absolute Gasteiger partial charge is 0.0591 e. The fourth-order valence-electron chi connectivity index (χ4n) is 1.99. The molecule has 0 aliphatic heterocycles. The summed E-state index contributed by atoms with van der Waals surface area (Å²) in [5.41, 5.74) is -1.11. The van der Waals surface area contributed by atoms with E-state index in [0.717, 1.165) is 71.4 Å². The summed E-state index contributed by atoms with van der Waals surface area (Å²) in [6.45, 7) is 10.4. The van der Waals surface area contributed by atoms with E-state index in [4.69, 9.17) is 9.47 Å². The van der Waals surface area contributed by atoms with E-state index in [1.165, 1.54) is 0 Å². The molecule has 4 nitrogen and oxygen atoms in total. The molecule has 0 aliphatic rings. The lowest BCUT2D eigenvalue weighted by Gasteiger charge is -2.16.